The van der Waals surface area contributed by atoms with E-state index in [4.69, 9.17) is 21.1 Å². The van der Waals surface area contributed by atoms with Gasteiger partial charge in [0.25, 0.3) is 5.91 Å². The van der Waals surface area contributed by atoms with Crippen molar-refractivity contribution in [2.24, 2.45) is 0 Å². The maximum atomic E-state index is 13.4. The highest BCUT2D eigenvalue weighted by Crippen LogP contribution is 2.31. The van der Waals surface area contributed by atoms with Crippen LogP contribution >= 0.6 is 11.6 Å². The van der Waals surface area contributed by atoms with Gasteiger partial charge in [-0.15, -0.1) is 0 Å². The van der Waals surface area contributed by atoms with Gasteiger partial charge in [0.15, 0.2) is 23.1 Å². The lowest BCUT2D eigenvalue weighted by atomic mass is 10.1. The average Bonchev–Trinajstić information content (AvgIpc) is 2.57. The topological polar surface area (TPSA) is 38.8 Å². The van der Waals surface area contributed by atoms with Crippen molar-refractivity contribution in [2.75, 3.05) is 20.3 Å². The summed E-state index contributed by atoms with van der Waals surface area (Å²) in [4.78, 5) is 13.8. The smallest absolute Gasteiger partial charge is 0.255 e. The summed E-state index contributed by atoms with van der Waals surface area (Å²) in [5, 5.41) is -0.132. The van der Waals surface area contributed by atoms with Gasteiger partial charge in [0.1, 0.15) is 13.2 Å². The number of carbonyl (C=O) groups excluding carboxylic acids is 1. The molecule has 0 spiro atoms. The lowest BCUT2D eigenvalue weighted by Gasteiger charge is -2.21. The van der Waals surface area contributed by atoms with E-state index in [2.05, 4.69) is 0 Å². The van der Waals surface area contributed by atoms with Gasteiger partial charge in [0, 0.05) is 13.6 Å². The van der Waals surface area contributed by atoms with Crippen LogP contribution < -0.4 is 9.47 Å². The fourth-order valence-corrected chi connectivity index (χ4v) is 2.66. The first-order valence-corrected chi connectivity index (χ1v) is 7.62. The van der Waals surface area contributed by atoms with Crippen LogP contribution in [0.1, 0.15) is 15.9 Å². The summed E-state index contributed by atoms with van der Waals surface area (Å²) in [5.74, 6) is -1.44. The zero-order valence-corrected chi connectivity index (χ0v) is 13.6. The Hall–Kier alpha value is -2.34. The molecule has 3 rings (SSSR count). The Labute approximate surface area is 142 Å². The Balaban J connectivity index is 1.78. The van der Waals surface area contributed by atoms with Gasteiger partial charge in [-0.2, -0.15) is 0 Å². The van der Waals surface area contributed by atoms with E-state index < -0.39 is 17.5 Å². The van der Waals surface area contributed by atoms with Crippen LogP contribution in [0.3, 0.4) is 0 Å². The second-order valence-electron chi connectivity index (χ2n) is 5.39. The molecular weight excluding hydrogens is 340 g/mol. The number of hydrogen-bond acceptors (Lipinski definition) is 3. The summed E-state index contributed by atoms with van der Waals surface area (Å²) < 4.78 is 37.4. The van der Waals surface area contributed by atoms with E-state index in [1.807, 2.05) is 6.07 Å². The maximum absolute atomic E-state index is 13.4. The van der Waals surface area contributed by atoms with Gasteiger partial charge >= 0.3 is 0 Å². The molecular formula is C17H14ClF2NO3. The van der Waals surface area contributed by atoms with Crippen LogP contribution in [0.5, 0.6) is 11.5 Å². The summed E-state index contributed by atoms with van der Waals surface area (Å²) >= 11 is 5.85. The van der Waals surface area contributed by atoms with Gasteiger partial charge in [-0.05, 0) is 29.8 Å². The summed E-state index contributed by atoms with van der Waals surface area (Å²) in [6.07, 6.45) is 0. The lowest BCUT2D eigenvalue weighted by Crippen LogP contribution is -2.27. The second kappa shape index (κ2) is 6.65. The fourth-order valence-electron chi connectivity index (χ4n) is 2.42. The first-order valence-electron chi connectivity index (χ1n) is 7.24. The molecule has 0 aliphatic carbocycles. The SMILES string of the molecule is CN(Cc1ccc2c(c1)OCCO2)C(=O)c1cc(F)c(F)cc1Cl. The van der Waals surface area contributed by atoms with Crippen LogP contribution in [0.25, 0.3) is 0 Å². The van der Waals surface area contributed by atoms with Gasteiger partial charge in [-0.3, -0.25) is 4.79 Å². The first kappa shape index (κ1) is 16.5. The molecule has 1 aliphatic rings. The van der Waals surface area contributed by atoms with E-state index in [0.29, 0.717) is 24.7 Å². The molecule has 24 heavy (non-hydrogen) atoms. The zero-order valence-electron chi connectivity index (χ0n) is 12.8. The molecule has 2 aromatic carbocycles. The molecule has 4 nitrogen and oxygen atoms in total. The summed E-state index contributed by atoms with van der Waals surface area (Å²) in [5.41, 5.74) is 0.726. The highest BCUT2D eigenvalue weighted by molar-refractivity contribution is 6.33. The number of nitrogens with zero attached hydrogens (tertiary/aromatic N) is 1. The third-order valence-electron chi connectivity index (χ3n) is 3.61. The van der Waals surface area contributed by atoms with Gasteiger partial charge in [-0.25, -0.2) is 8.78 Å². The second-order valence-corrected chi connectivity index (χ2v) is 5.79. The molecule has 0 aromatic heterocycles. The van der Waals surface area contributed by atoms with Crippen LogP contribution in [0, 0.1) is 11.6 Å². The van der Waals surface area contributed by atoms with E-state index in [1.165, 1.54) is 4.90 Å². The molecule has 126 valence electrons. The number of carbonyl (C=O) groups is 1. The largest absolute Gasteiger partial charge is 0.486 e. The number of amides is 1. The van der Waals surface area contributed by atoms with Crippen molar-refractivity contribution in [1.29, 1.82) is 0 Å². The minimum atomic E-state index is -1.12. The highest BCUT2D eigenvalue weighted by atomic mass is 35.5. The summed E-state index contributed by atoms with van der Waals surface area (Å²) in [6.45, 7) is 1.22. The van der Waals surface area contributed by atoms with Gasteiger partial charge in [0.2, 0.25) is 0 Å². The molecule has 7 heteroatoms. The molecule has 0 bridgehead atoms. The molecule has 0 N–H and O–H groups in total. The third kappa shape index (κ3) is 3.28. The molecule has 0 saturated carbocycles. The van der Waals surface area contributed by atoms with Crippen molar-refractivity contribution >= 4 is 17.5 Å². The average molecular weight is 354 g/mol. The number of hydrogen-bond donors (Lipinski definition) is 0. The Morgan fingerprint density at radius 3 is 2.54 bits per heavy atom. The molecule has 1 amide bonds. The van der Waals surface area contributed by atoms with E-state index in [9.17, 15) is 13.6 Å². The zero-order chi connectivity index (χ0) is 17.3. The Morgan fingerprint density at radius 2 is 1.79 bits per heavy atom. The van der Waals surface area contributed by atoms with E-state index in [1.54, 1.807) is 19.2 Å². The van der Waals surface area contributed by atoms with Crippen LogP contribution in [-0.4, -0.2) is 31.1 Å². The molecule has 0 unspecified atom stereocenters. The predicted molar refractivity (Wildman–Crippen MR) is 84.6 cm³/mol. The lowest BCUT2D eigenvalue weighted by molar-refractivity contribution is 0.0784. The Morgan fingerprint density at radius 1 is 1.12 bits per heavy atom. The van der Waals surface area contributed by atoms with Crippen LogP contribution in [-0.2, 0) is 6.54 Å². The van der Waals surface area contributed by atoms with Crippen LogP contribution in [0.15, 0.2) is 30.3 Å². The van der Waals surface area contributed by atoms with Crippen molar-refractivity contribution in [2.45, 2.75) is 6.54 Å². The number of rotatable bonds is 3. The molecule has 2 aromatic rings. The van der Waals surface area contributed by atoms with Crippen molar-refractivity contribution in [3.05, 3.63) is 58.1 Å². The van der Waals surface area contributed by atoms with Crippen molar-refractivity contribution in [1.82, 2.24) is 4.90 Å². The molecule has 0 fully saturated rings. The Kier molecular flexibility index (Phi) is 4.57. The quantitative estimate of drug-likeness (QED) is 0.790. The number of benzene rings is 2. The molecule has 0 atom stereocenters. The van der Waals surface area contributed by atoms with Gasteiger partial charge in [0.05, 0.1) is 10.6 Å². The minimum absolute atomic E-state index is 0.0874. The maximum Gasteiger partial charge on any atom is 0.255 e. The first-order chi connectivity index (χ1) is 11.5. The minimum Gasteiger partial charge on any atom is -0.486 e. The van der Waals surface area contributed by atoms with E-state index in [-0.39, 0.29) is 17.1 Å². The summed E-state index contributed by atoms with van der Waals surface area (Å²) in [6, 6.07) is 6.96. The van der Waals surface area contributed by atoms with Crippen LogP contribution in [0.4, 0.5) is 8.78 Å². The van der Waals surface area contributed by atoms with Crippen molar-refractivity contribution in [3.8, 4) is 11.5 Å². The van der Waals surface area contributed by atoms with Crippen molar-refractivity contribution in [3.63, 3.8) is 0 Å². The molecule has 0 saturated heterocycles. The summed E-state index contributed by atoms with van der Waals surface area (Å²) in [7, 11) is 1.55. The van der Waals surface area contributed by atoms with E-state index in [0.717, 1.165) is 17.7 Å². The fraction of sp³-hybridized carbons (Fsp3) is 0.235. The van der Waals surface area contributed by atoms with Crippen LogP contribution in [0.2, 0.25) is 5.02 Å². The monoisotopic (exact) mass is 353 g/mol. The molecule has 0 radical (unpaired) electrons. The molecule has 1 aliphatic heterocycles. The number of halogens is 3. The highest BCUT2D eigenvalue weighted by Gasteiger charge is 2.19. The van der Waals surface area contributed by atoms with E-state index >= 15 is 0 Å². The molecule has 1 heterocycles. The number of ether oxygens (including phenoxy) is 2. The number of fused-ring (bicyclic) bond motifs is 1. The van der Waals surface area contributed by atoms with Gasteiger partial charge < -0.3 is 14.4 Å². The predicted octanol–water partition coefficient (Wildman–Crippen LogP) is 3.66. The normalized spacial score (nSPS) is 12.8. The third-order valence-corrected chi connectivity index (χ3v) is 3.93. The van der Waals surface area contributed by atoms with Gasteiger partial charge in [-0.1, -0.05) is 17.7 Å². The Bertz CT molecular complexity index is 798. The standard InChI is InChI=1S/C17H14ClF2NO3/c1-21(17(22)11-7-13(19)14(20)8-12(11)18)9-10-2-3-15-16(6-10)24-5-4-23-15/h2-3,6-8H,4-5,9H2,1H3. The van der Waals surface area contributed by atoms with Crippen molar-refractivity contribution < 1.29 is 23.0 Å².